The van der Waals surface area contributed by atoms with Crippen molar-refractivity contribution in [3.63, 3.8) is 0 Å². The summed E-state index contributed by atoms with van der Waals surface area (Å²) in [4.78, 5) is 25.8. The Balaban J connectivity index is 2.98. The fourth-order valence-corrected chi connectivity index (χ4v) is 3.91. The van der Waals surface area contributed by atoms with E-state index in [9.17, 15) is 9.59 Å². The van der Waals surface area contributed by atoms with E-state index in [-0.39, 0.29) is 17.9 Å². The number of unbranched alkanes of at least 4 members (excludes halogenated alkanes) is 5. The Kier molecular flexibility index (Phi) is 13.8. The van der Waals surface area contributed by atoms with Gasteiger partial charge in [-0.25, -0.2) is 9.59 Å². The van der Waals surface area contributed by atoms with Crippen LogP contribution >= 0.6 is 0 Å². The lowest BCUT2D eigenvalue weighted by Crippen LogP contribution is -2.24. The van der Waals surface area contributed by atoms with E-state index in [1.807, 2.05) is 13.8 Å². The molecule has 0 saturated heterocycles. The number of esters is 2. The smallest absolute Gasteiger partial charge is 0.334 e. The van der Waals surface area contributed by atoms with Gasteiger partial charge in [-0.1, -0.05) is 72.1 Å². The predicted octanol–water partition coefficient (Wildman–Crippen LogP) is 6.52. The molecule has 0 bridgehead atoms. The molecule has 0 atom stereocenters. The van der Waals surface area contributed by atoms with Crippen LogP contribution in [0, 0.1) is 5.92 Å². The van der Waals surface area contributed by atoms with E-state index in [1.165, 1.54) is 32.1 Å². The normalized spacial score (nSPS) is 15.8. The summed E-state index contributed by atoms with van der Waals surface area (Å²) in [5, 5.41) is 0. The summed E-state index contributed by atoms with van der Waals surface area (Å²) in [6.45, 7) is 7.00. The Hall–Kier alpha value is -1.32. The van der Waals surface area contributed by atoms with Gasteiger partial charge in [0.15, 0.2) is 0 Å². The Morgan fingerprint density at radius 2 is 1.29 bits per heavy atom. The highest BCUT2D eigenvalue weighted by atomic mass is 16.5. The minimum atomic E-state index is -0.301. The van der Waals surface area contributed by atoms with Crippen LogP contribution in [0.2, 0.25) is 0 Å². The second-order valence-corrected chi connectivity index (χ2v) is 8.02. The van der Waals surface area contributed by atoms with Crippen molar-refractivity contribution < 1.29 is 19.1 Å². The molecule has 0 aromatic carbocycles. The predicted molar refractivity (Wildman–Crippen MR) is 114 cm³/mol. The quantitative estimate of drug-likeness (QED) is 0.191. The fraction of sp³-hybridized carbons (Fsp3) is 0.833. The van der Waals surface area contributed by atoms with Gasteiger partial charge in [-0.3, -0.25) is 0 Å². The topological polar surface area (TPSA) is 52.6 Å². The molecule has 0 spiro atoms. The summed E-state index contributed by atoms with van der Waals surface area (Å²) in [6, 6.07) is 0. The highest BCUT2D eigenvalue weighted by Crippen LogP contribution is 2.34. The molecule has 0 aliphatic heterocycles. The van der Waals surface area contributed by atoms with Gasteiger partial charge in [0.2, 0.25) is 0 Å². The van der Waals surface area contributed by atoms with Crippen LogP contribution in [0.15, 0.2) is 11.1 Å². The van der Waals surface area contributed by atoms with Gasteiger partial charge in [-0.2, -0.15) is 0 Å². The van der Waals surface area contributed by atoms with Crippen LogP contribution in [0.5, 0.6) is 0 Å². The number of hydrogen-bond acceptors (Lipinski definition) is 4. The minimum Gasteiger partial charge on any atom is -0.462 e. The van der Waals surface area contributed by atoms with Crippen LogP contribution in [-0.4, -0.2) is 25.2 Å². The first-order valence-electron chi connectivity index (χ1n) is 11.7. The fourth-order valence-electron chi connectivity index (χ4n) is 3.91. The summed E-state index contributed by atoms with van der Waals surface area (Å²) in [5.41, 5.74) is 1.22. The first-order valence-corrected chi connectivity index (χ1v) is 11.7. The zero-order valence-electron chi connectivity index (χ0n) is 18.5. The van der Waals surface area contributed by atoms with E-state index in [2.05, 4.69) is 6.92 Å². The Morgan fingerprint density at radius 3 is 1.89 bits per heavy atom. The molecule has 162 valence electrons. The number of hydrogen-bond donors (Lipinski definition) is 0. The second kappa shape index (κ2) is 15.6. The van der Waals surface area contributed by atoms with Crippen LogP contribution in [0.25, 0.3) is 0 Å². The monoisotopic (exact) mass is 394 g/mol. The maximum atomic E-state index is 12.9. The SMILES string of the molecule is CCCCCCCC/C(C(=O)OCCC)=C(/C(=O)OCCC)C1CCCCC1. The number of rotatable bonds is 14. The average molecular weight is 395 g/mol. The van der Waals surface area contributed by atoms with Crippen molar-refractivity contribution >= 4 is 11.9 Å². The number of ether oxygens (including phenoxy) is 2. The van der Waals surface area contributed by atoms with Crippen molar-refractivity contribution in [1.82, 2.24) is 0 Å². The molecule has 0 aromatic rings. The first kappa shape index (κ1) is 24.7. The van der Waals surface area contributed by atoms with Crippen LogP contribution in [0.3, 0.4) is 0 Å². The number of carbonyl (C=O) groups excluding carboxylic acids is 2. The van der Waals surface area contributed by atoms with E-state index < -0.39 is 0 Å². The van der Waals surface area contributed by atoms with Crippen molar-refractivity contribution in [2.45, 2.75) is 111 Å². The lowest BCUT2D eigenvalue weighted by atomic mass is 9.80. The molecule has 0 heterocycles. The second-order valence-electron chi connectivity index (χ2n) is 8.02. The van der Waals surface area contributed by atoms with Crippen LogP contribution in [0.4, 0.5) is 0 Å². The molecular weight excluding hydrogens is 352 g/mol. The van der Waals surface area contributed by atoms with Gasteiger partial charge < -0.3 is 9.47 Å². The standard InChI is InChI=1S/C24H42O4/c1-4-7-8-9-10-14-17-21(23(25)27-18-5-2)22(24(26)28-19-6-3)20-15-12-11-13-16-20/h20H,4-19H2,1-3H3/b22-21-. The minimum absolute atomic E-state index is 0.141. The Labute approximate surface area is 172 Å². The highest BCUT2D eigenvalue weighted by molar-refractivity contribution is 6.00. The van der Waals surface area contributed by atoms with Crippen LogP contribution in [-0.2, 0) is 19.1 Å². The third kappa shape index (κ3) is 9.25. The molecule has 0 aromatic heterocycles. The van der Waals surface area contributed by atoms with Crippen molar-refractivity contribution in [1.29, 1.82) is 0 Å². The van der Waals surface area contributed by atoms with E-state index in [0.717, 1.165) is 51.4 Å². The van der Waals surface area contributed by atoms with Gasteiger partial charge in [0.1, 0.15) is 0 Å². The molecule has 1 rings (SSSR count). The maximum Gasteiger partial charge on any atom is 0.334 e. The molecule has 0 unspecified atom stereocenters. The molecule has 4 nitrogen and oxygen atoms in total. The zero-order chi connectivity index (χ0) is 20.6. The zero-order valence-corrected chi connectivity index (χ0v) is 18.5. The van der Waals surface area contributed by atoms with Crippen LogP contribution < -0.4 is 0 Å². The molecule has 0 amide bonds. The van der Waals surface area contributed by atoms with E-state index >= 15 is 0 Å². The molecule has 0 radical (unpaired) electrons. The van der Waals surface area contributed by atoms with E-state index in [4.69, 9.17) is 9.47 Å². The van der Waals surface area contributed by atoms with Gasteiger partial charge in [-0.05, 0) is 44.4 Å². The molecule has 1 fully saturated rings. The maximum absolute atomic E-state index is 12.9. The molecule has 4 heteroatoms. The van der Waals surface area contributed by atoms with Gasteiger partial charge in [0.05, 0.1) is 18.8 Å². The number of carbonyl (C=O) groups is 2. The summed E-state index contributed by atoms with van der Waals surface area (Å²) in [6.07, 6.45) is 14.5. The summed E-state index contributed by atoms with van der Waals surface area (Å²) < 4.78 is 11.0. The van der Waals surface area contributed by atoms with Crippen molar-refractivity contribution in [2.24, 2.45) is 5.92 Å². The lowest BCUT2D eigenvalue weighted by Gasteiger charge is -2.25. The Bertz CT molecular complexity index is 475. The van der Waals surface area contributed by atoms with E-state index in [1.54, 1.807) is 0 Å². The van der Waals surface area contributed by atoms with Crippen molar-refractivity contribution in [3.05, 3.63) is 11.1 Å². The van der Waals surface area contributed by atoms with Gasteiger partial charge in [-0.15, -0.1) is 0 Å². The molecule has 1 aliphatic rings. The molecule has 1 aliphatic carbocycles. The lowest BCUT2D eigenvalue weighted by molar-refractivity contribution is -0.143. The van der Waals surface area contributed by atoms with Gasteiger partial charge in [0.25, 0.3) is 0 Å². The molecular formula is C24H42O4. The Morgan fingerprint density at radius 1 is 0.714 bits per heavy atom. The largest absolute Gasteiger partial charge is 0.462 e. The van der Waals surface area contributed by atoms with E-state index in [0.29, 0.717) is 30.8 Å². The highest BCUT2D eigenvalue weighted by Gasteiger charge is 2.30. The first-order chi connectivity index (χ1) is 13.7. The molecule has 28 heavy (non-hydrogen) atoms. The molecule has 0 N–H and O–H groups in total. The summed E-state index contributed by atoms with van der Waals surface area (Å²) in [5.74, 6) is -0.449. The van der Waals surface area contributed by atoms with Crippen molar-refractivity contribution in [3.8, 4) is 0 Å². The van der Waals surface area contributed by atoms with Crippen molar-refractivity contribution in [2.75, 3.05) is 13.2 Å². The molecule has 1 saturated carbocycles. The average Bonchev–Trinajstić information content (AvgIpc) is 2.72. The third-order valence-corrected chi connectivity index (χ3v) is 5.46. The van der Waals surface area contributed by atoms with Gasteiger partial charge >= 0.3 is 11.9 Å². The van der Waals surface area contributed by atoms with Gasteiger partial charge in [0, 0.05) is 5.57 Å². The summed E-state index contributed by atoms with van der Waals surface area (Å²) in [7, 11) is 0. The third-order valence-electron chi connectivity index (χ3n) is 5.46. The van der Waals surface area contributed by atoms with Crippen LogP contribution in [0.1, 0.15) is 111 Å². The summed E-state index contributed by atoms with van der Waals surface area (Å²) >= 11 is 0.